The fourth-order valence-electron chi connectivity index (χ4n) is 2.81. The Kier molecular flexibility index (Phi) is 8.24. The summed E-state index contributed by atoms with van der Waals surface area (Å²) in [5.74, 6) is -0.172. The van der Waals surface area contributed by atoms with Crippen LogP contribution >= 0.6 is 15.9 Å². The minimum Gasteiger partial charge on any atom is -0.492 e. The highest BCUT2D eigenvalue weighted by Gasteiger charge is 2.16. The van der Waals surface area contributed by atoms with Crippen LogP contribution in [0.4, 0.5) is 0 Å². The smallest absolute Gasteiger partial charge is 0.347 e. The first-order chi connectivity index (χ1) is 15.1. The Bertz CT molecular complexity index is 1020. The van der Waals surface area contributed by atoms with Gasteiger partial charge in [-0.3, -0.25) is 0 Å². The summed E-state index contributed by atoms with van der Waals surface area (Å²) in [6, 6.07) is 21.5. The van der Waals surface area contributed by atoms with Gasteiger partial charge in [0.25, 0.3) is 0 Å². The number of hydrogen-bond donors (Lipinski definition) is 0. The molecule has 5 nitrogen and oxygen atoms in total. The van der Waals surface area contributed by atoms with Gasteiger partial charge in [-0.15, -0.1) is 0 Å². The molecule has 0 heterocycles. The van der Waals surface area contributed by atoms with Crippen LogP contribution in [-0.4, -0.2) is 25.2 Å². The molecule has 0 atom stereocenters. The van der Waals surface area contributed by atoms with Gasteiger partial charge in [0.2, 0.25) is 0 Å². The van der Waals surface area contributed by atoms with Gasteiger partial charge in [-0.05, 0) is 54.4 Å². The van der Waals surface area contributed by atoms with E-state index in [0.29, 0.717) is 35.8 Å². The summed E-state index contributed by atoms with van der Waals surface area (Å²) in [6.45, 7) is 2.73. The van der Waals surface area contributed by atoms with E-state index in [9.17, 15) is 9.59 Å². The molecule has 160 valence electrons. The van der Waals surface area contributed by atoms with Crippen LogP contribution in [0, 0.1) is 0 Å². The number of rotatable bonds is 9. The summed E-state index contributed by atoms with van der Waals surface area (Å²) in [4.78, 5) is 24.7. The molecule has 0 aliphatic carbocycles. The molecule has 0 aliphatic rings. The first-order valence-corrected chi connectivity index (χ1v) is 10.8. The average Bonchev–Trinajstić information content (AvgIpc) is 2.79. The second-order valence-corrected chi connectivity index (χ2v) is 7.69. The van der Waals surface area contributed by atoms with Gasteiger partial charge in [0.05, 0.1) is 18.8 Å². The molecule has 31 heavy (non-hydrogen) atoms. The molecule has 0 unspecified atom stereocenters. The third-order valence-electron chi connectivity index (χ3n) is 4.39. The number of carbonyl (C=O) groups is 2. The van der Waals surface area contributed by atoms with Crippen LogP contribution in [0.5, 0.6) is 11.5 Å². The maximum absolute atomic E-state index is 12.8. The Morgan fingerprint density at radius 3 is 2.32 bits per heavy atom. The fourth-order valence-corrected chi connectivity index (χ4v) is 3.17. The molecule has 0 bridgehead atoms. The molecular formula is C25H23BrO5. The molecule has 3 aromatic rings. The van der Waals surface area contributed by atoms with Crippen LogP contribution in [0.15, 0.2) is 77.3 Å². The van der Waals surface area contributed by atoms with Crippen molar-refractivity contribution >= 4 is 27.9 Å². The predicted octanol–water partition coefficient (Wildman–Crippen LogP) is 5.86. The number of esters is 2. The molecule has 0 aliphatic heterocycles. The van der Waals surface area contributed by atoms with Gasteiger partial charge in [0, 0.05) is 10.9 Å². The van der Waals surface area contributed by atoms with Crippen LogP contribution in [0.3, 0.4) is 0 Å². The maximum atomic E-state index is 12.8. The van der Waals surface area contributed by atoms with Gasteiger partial charge in [0.15, 0.2) is 0 Å². The van der Waals surface area contributed by atoms with Crippen molar-refractivity contribution in [3.05, 3.63) is 94.0 Å². The Hall–Kier alpha value is -3.12. The van der Waals surface area contributed by atoms with Crippen molar-refractivity contribution in [3.63, 3.8) is 0 Å². The molecule has 0 radical (unpaired) electrons. The van der Waals surface area contributed by atoms with Gasteiger partial charge in [-0.25, -0.2) is 9.59 Å². The molecular weight excluding hydrogens is 460 g/mol. The monoisotopic (exact) mass is 482 g/mol. The summed E-state index contributed by atoms with van der Waals surface area (Å²) in [5, 5.41) is 0. The third-order valence-corrected chi connectivity index (χ3v) is 4.88. The van der Waals surface area contributed by atoms with Crippen LogP contribution in [0.1, 0.15) is 39.6 Å². The first-order valence-electron chi connectivity index (χ1n) is 10.0. The van der Waals surface area contributed by atoms with E-state index in [2.05, 4.69) is 15.9 Å². The van der Waals surface area contributed by atoms with E-state index in [1.165, 1.54) is 0 Å². The zero-order valence-electron chi connectivity index (χ0n) is 17.2. The first kappa shape index (κ1) is 22.6. The average molecular weight is 483 g/mol. The van der Waals surface area contributed by atoms with Gasteiger partial charge < -0.3 is 14.2 Å². The summed E-state index contributed by atoms with van der Waals surface area (Å²) >= 11 is 3.39. The zero-order chi connectivity index (χ0) is 22.1. The van der Waals surface area contributed by atoms with Crippen LogP contribution in [0.25, 0.3) is 0 Å². The summed E-state index contributed by atoms with van der Waals surface area (Å²) in [7, 11) is 0. The topological polar surface area (TPSA) is 61.8 Å². The second-order valence-electron chi connectivity index (χ2n) is 6.77. The summed E-state index contributed by atoms with van der Waals surface area (Å²) < 4.78 is 17.2. The van der Waals surface area contributed by atoms with E-state index in [1.807, 2.05) is 43.3 Å². The number of carbonyl (C=O) groups excluding carboxylic acids is 2. The summed E-state index contributed by atoms with van der Waals surface area (Å²) in [6.07, 6.45) is 1.48. The predicted molar refractivity (Wildman–Crippen MR) is 122 cm³/mol. The van der Waals surface area contributed by atoms with Gasteiger partial charge in [-0.1, -0.05) is 53.2 Å². The van der Waals surface area contributed by atoms with E-state index in [1.54, 1.807) is 36.4 Å². The molecule has 0 amide bonds. The highest BCUT2D eigenvalue weighted by atomic mass is 79.9. The van der Waals surface area contributed by atoms with Crippen molar-refractivity contribution in [2.75, 3.05) is 13.2 Å². The van der Waals surface area contributed by atoms with E-state index in [4.69, 9.17) is 14.2 Å². The van der Waals surface area contributed by atoms with Crippen molar-refractivity contribution in [1.29, 1.82) is 0 Å². The standard InChI is InChI=1S/C25H23BrO5/c1-2-15-30-24(27)19-8-11-21(12-9-19)31-25(28)22-17-20(26)10-13-23(22)29-16-14-18-6-4-3-5-7-18/h3-13,17H,2,14-16H2,1H3. The number of hydrogen-bond acceptors (Lipinski definition) is 5. The second kappa shape index (κ2) is 11.3. The fraction of sp³-hybridized carbons (Fsp3) is 0.200. The largest absolute Gasteiger partial charge is 0.492 e. The molecule has 0 N–H and O–H groups in total. The van der Waals surface area contributed by atoms with Gasteiger partial charge >= 0.3 is 11.9 Å². The van der Waals surface area contributed by atoms with Crippen molar-refractivity contribution < 1.29 is 23.8 Å². The number of ether oxygens (including phenoxy) is 3. The van der Waals surface area contributed by atoms with Crippen LogP contribution in [-0.2, 0) is 11.2 Å². The SMILES string of the molecule is CCCOC(=O)c1ccc(OC(=O)c2cc(Br)ccc2OCCc2ccccc2)cc1. The Labute approximate surface area is 190 Å². The lowest BCUT2D eigenvalue weighted by Crippen LogP contribution is -2.12. The minimum atomic E-state index is -0.544. The normalized spacial score (nSPS) is 10.4. The molecule has 6 heteroatoms. The highest BCUT2D eigenvalue weighted by molar-refractivity contribution is 9.10. The molecule has 0 aromatic heterocycles. The molecule has 3 aromatic carbocycles. The van der Waals surface area contributed by atoms with Crippen molar-refractivity contribution in [2.24, 2.45) is 0 Å². The van der Waals surface area contributed by atoms with Gasteiger partial charge in [0.1, 0.15) is 17.1 Å². The molecule has 0 fully saturated rings. The number of benzene rings is 3. The Morgan fingerprint density at radius 2 is 1.61 bits per heavy atom. The van der Waals surface area contributed by atoms with E-state index in [-0.39, 0.29) is 0 Å². The number of halogens is 1. The Morgan fingerprint density at radius 1 is 0.871 bits per heavy atom. The summed E-state index contributed by atoms with van der Waals surface area (Å²) in [5.41, 5.74) is 1.87. The lowest BCUT2D eigenvalue weighted by molar-refractivity contribution is 0.0505. The van der Waals surface area contributed by atoms with Crippen molar-refractivity contribution in [1.82, 2.24) is 0 Å². The molecule has 0 spiro atoms. The van der Waals surface area contributed by atoms with Crippen LogP contribution < -0.4 is 9.47 Å². The van der Waals surface area contributed by atoms with Crippen LogP contribution in [0.2, 0.25) is 0 Å². The van der Waals surface area contributed by atoms with E-state index >= 15 is 0 Å². The molecule has 3 rings (SSSR count). The molecule has 0 saturated carbocycles. The molecule has 0 saturated heterocycles. The lowest BCUT2D eigenvalue weighted by atomic mass is 10.1. The lowest BCUT2D eigenvalue weighted by Gasteiger charge is -2.12. The van der Waals surface area contributed by atoms with Gasteiger partial charge in [-0.2, -0.15) is 0 Å². The van der Waals surface area contributed by atoms with Crippen molar-refractivity contribution in [3.8, 4) is 11.5 Å². The maximum Gasteiger partial charge on any atom is 0.347 e. The Balaban J connectivity index is 1.65. The van der Waals surface area contributed by atoms with Crippen molar-refractivity contribution in [2.45, 2.75) is 19.8 Å². The highest BCUT2D eigenvalue weighted by Crippen LogP contribution is 2.25. The van der Waals surface area contributed by atoms with E-state index < -0.39 is 11.9 Å². The van der Waals surface area contributed by atoms with E-state index in [0.717, 1.165) is 22.9 Å². The quantitative estimate of drug-likeness (QED) is 0.282. The zero-order valence-corrected chi connectivity index (χ0v) is 18.8. The minimum absolute atomic E-state index is 0.314. The third kappa shape index (κ3) is 6.69.